The van der Waals surface area contributed by atoms with Gasteiger partial charge in [0.25, 0.3) is 0 Å². The monoisotopic (exact) mass is 281 g/mol. The molecule has 0 spiro atoms. The molecule has 2 N–H and O–H groups in total. The predicted octanol–water partition coefficient (Wildman–Crippen LogP) is 1.54. The first kappa shape index (κ1) is 14.8. The molecule has 1 aliphatic rings. The van der Waals surface area contributed by atoms with Crippen LogP contribution in [-0.2, 0) is 4.74 Å². The molecule has 0 radical (unpaired) electrons. The lowest BCUT2D eigenvalue weighted by molar-refractivity contribution is 0.183. The van der Waals surface area contributed by atoms with Gasteiger partial charge >= 0.3 is 6.01 Å². The van der Waals surface area contributed by atoms with Crippen molar-refractivity contribution >= 4 is 11.9 Å². The molecule has 2 atom stereocenters. The number of aromatic nitrogens is 3. The van der Waals surface area contributed by atoms with E-state index >= 15 is 0 Å². The van der Waals surface area contributed by atoms with Crippen LogP contribution < -0.4 is 15.4 Å². The Morgan fingerprint density at radius 3 is 2.75 bits per heavy atom. The summed E-state index contributed by atoms with van der Waals surface area (Å²) in [5.41, 5.74) is 0. The van der Waals surface area contributed by atoms with Crippen LogP contribution in [0.1, 0.15) is 27.2 Å². The van der Waals surface area contributed by atoms with Crippen molar-refractivity contribution in [3.05, 3.63) is 0 Å². The van der Waals surface area contributed by atoms with Crippen LogP contribution in [0.15, 0.2) is 0 Å². The van der Waals surface area contributed by atoms with Crippen LogP contribution in [0.4, 0.5) is 11.9 Å². The van der Waals surface area contributed by atoms with Gasteiger partial charge in [-0.05, 0) is 27.2 Å². The zero-order valence-corrected chi connectivity index (χ0v) is 12.3. The standard InChI is InChI=1S/C13H23N5O2/c1-4-14-11-16-12(18-13(17-11)20-5-2)15-9(3)10-6-7-19-8-10/h9-10H,4-8H2,1-3H3,(H2,14,15,16,17,18). The first-order valence-corrected chi connectivity index (χ1v) is 7.20. The van der Waals surface area contributed by atoms with E-state index in [0.29, 0.717) is 30.4 Å². The lowest BCUT2D eigenvalue weighted by atomic mass is 10.0. The van der Waals surface area contributed by atoms with Gasteiger partial charge in [0.15, 0.2) is 0 Å². The maximum atomic E-state index is 5.41. The van der Waals surface area contributed by atoms with E-state index in [1.165, 1.54) is 0 Å². The molecule has 1 aliphatic heterocycles. The molecule has 2 rings (SSSR count). The summed E-state index contributed by atoms with van der Waals surface area (Å²) in [5, 5.41) is 6.40. The fraction of sp³-hybridized carbons (Fsp3) is 0.769. The van der Waals surface area contributed by atoms with Crippen LogP contribution in [0.2, 0.25) is 0 Å². The average molecular weight is 281 g/mol. The Kier molecular flexibility index (Phi) is 5.34. The van der Waals surface area contributed by atoms with Gasteiger partial charge < -0.3 is 20.1 Å². The van der Waals surface area contributed by atoms with E-state index in [9.17, 15) is 0 Å². The average Bonchev–Trinajstić information content (AvgIpc) is 2.93. The van der Waals surface area contributed by atoms with Crippen molar-refractivity contribution in [2.45, 2.75) is 33.2 Å². The fourth-order valence-corrected chi connectivity index (χ4v) is 2.12. The van der Waals surface area contributed by atoms with Crippen molar-refractivity contribution in [1.29, 1.82) is 0 Å². The van der Waals surface area contributed by atoms with Crippen LogP contribution in [0.3, 0.4) is 0 Å². The molecule has 1 fully saturated rings. The largest absolute Gasteiger partial charge is 0.464 e. The summed E-state index contributed by atoms with van der Waals surface area (Å²) in [6.45, 7) is 8.93. The molecule has 1 aromatic rings. The second-order valence-corrected chi connectivity index (χ2v) is 4.79. The van der Waals surface area contributed by atoms with Crippen LogP contribution in [0.5, 0.6) is 6.01 Å². The number of nitrogens with one attached hydrogen (secondary N) is 2. The van der Waals surface area contributed by atoms with Gasteiger partial charge in [0.1, 0.15) is 0 Å². The van der Waals surface area contributed by atoms with Gasteiger partial charge in [-0.1, -0.05) is 0 Å². The van der Waals surface area contributed by atoms with Gasteiger partial charge in [-0.15, -0.1) is 0 Å². The Morgan fingerprint density at radius 2 is 2.10 bits per heavy atom. The van der Waals surface area contributed by atoms with Crippen molar-refractivity contribution in [2.75, 3.05) is 37.0 Å². The molecule has 112 valence electrons. The highest BCUT2D eigenvalue weighted by Crippen LogP contribution is 2.20. The van der Waals surface area contributed by atoms with Gasteiger partial charge in [-0.2, -0.15) is 15.0 Å². The smallest absolute Gasteiger partial charge is 0.323 e. The van der Waals surface area contributed by atoms with Crippen molar-refractivity contribution in [3.8, 4) is 6.01 Å². The summed E-state index contributed by atoms with van der Waals surface area (Å²) in [4.78, 5) is 12.8. The zero-order chi connectivity index (χ0) is 14.4. The molecule has 1 aromatic heterocycles. The first-order valence-electron chi connectivity index (χ1n) is 7.20. The number of anilines is 2. The Balaban J connectivity index is 2.07. The van der Waals surface area contributed by atoms with E-state index in [4.69, 9.17) is 9.47 Å². The van der Waals surface area contributed by atoms with Gasteiger partial charge in [0, 0.05) is 25.1 Å². The Hall–Kier alpha value is -1.63. The molecule has 20 heavy (non-hydrogen) atoms. The molecule has 1 saturated heterocycles. The van der Waals surface area contributed by atoms with Gasteiger partial charge in [-0.25, -0.2) is 0 Å². The molecular formula is C13H23N5O2. The SMILES string of the molecule is CCNc1nc(NC(C)C2CCOC2)nc(OCC)n1. The normalized spacial score (nSPS) is 19.6. The van der Waals surface area contributed by atoms with E-state index in [1.807, 2.05) is 13.8 Å². The summed E-state index contributed by atoms with van der Waals surface area (Å²) >= 11 is 0. The molecule has 2 heterocycles. The van der Waals surface area contributed by atoms with E-state index in [2.05, 4.69) is 32.5 Å². The maximum Gasteiger partial charge on any atom is 0.323 e. The van der Waals surface area contributed by atoms with Gasteiger partial charge in [-0.3, -0.25) is 0 Å². The highest BCUT2D eigenvalue weighted by atomic mass is 16.5. The summed E-state index contributed by atoms with van der Waals surface area (Å²) in [6.07, 6.45) is 1.07. The third-order valence-corrected chi connectivity index (χ3v) is 3.25. The van der Waals surface area contributed by atoms with E-state index in [0.717, 1.165) is 26.2 Å². The van der Waals surface area contributed by atoms with E-state index in [1.54, 1.807) is 0 Å². The Labute approximate surface area is 119 Å². The van der Waals surface area contributed by atoms with Crippen molar-refractivity contribution in [3.63, 3.8) is 0 Å². The minimum atomic E-state index is 0.254. The zero-order valence-electron chi connectivity index (χ0n) is 12.3. The highest BCUT2D eigenvalue weighted by molar-refractivity contribution is 5.36. The Morgan fingerprint density at radius 1 is 1.30 bits per heavy atom. The number of rotatable bonds is 7. The number of nitrogens with zero attached hydrogens (tertiary/aromatic N) is 3. The topological polar surface area (TPSA) is 81.2 Å². The second kappa shape index (κ2) is 7.23. The molecule has 0 aliphatic carbocycles. The molecular weight excluding hydrogens is 258 g/mol. The van der Waals surface area contributed by atoms with Crippen LogP contribution >= 0.6 is 0 Å². The molecule has 0 saturated carbocycles. The van der Waals surface area contributed by atoms with Crippen LogP contribution in [0, 0.1) is 5.92 Å². The first-order chi connectivity index (χ1) is 9.72. The lowest BCUT2D eigenvalue weighted by Gasteiger charge is -2.19. The third-order valence-electron chi connectivity index (χ3n) is 3.25. The third kappa shape index (κ3) is 3.93. The van der Waals surface area contributed by atoms with Crippen LogP contribution in [-0.4, -0.2) is 47.4 Å². The number of hydrogen-bond donors (Lipinski definition) is 2. The van der Waals surface area contributed by atoms with E-state index < -0.39 is 0 Å². The minimum absolute atomic E-state index is 0.254. The molecule has 0 bridgehead atoms. The second-order valence-electron chi connectivity index (χ2n) is 4.79. The lowest BCUT2D eigenvalue weighted by Crippen LogP contribution is -2.27. The predicted molar refractivity (Wildman–Crippen MR) is 77.2 cm³/mol. The molecule has 0 amide bonds. The summed E-state index contributed by atoms with van der Waals surface area (Å²) in [6, 6.07) is 0.597. The molecule has 2 unspecified atom stereocenters. The molecule has 7 heteroatoms. The van der Waals surface area contributed by atoms with Crippen molar-refractivity contribution < 1.29 is 9.47 Å². The minimum Gasteiger partial charge on any atom is -0.464 e. The summed E-state index contributed by atoms with van der Waals surface area (Å²) < 4.78 is 10.8. The van der Waals surface area contributed by atoms with Gasteiger partial charge in [0.05, 0.1) is 13.2 Å². The quantitative estimate of drug-likeness (QED) is 0.784. The fourth-order valence-electron chi connectivity index (χ4n) is 2.12. The number of hydrogen-bond acceptors (Lipinski definition) is 7. The highest BCUT2D eigenvalue weighted by Gasteiger charge is 2.23. The Bertz CT molecular complexity index is 399. The van der Waals surface area contributed by atoms with E-state index in [-0.39, 0.29) is 6.04 Å². The van der Waals surface area contributed by atoms with Crippen molar-refractivity contribution in [1.82, 2.24) is 15.0 Å². The summed E-state index contributed by atoms with van der Waals surface area (Å²) in [7, 11) is 0. The number of ether oxygens (including phenoxy) is 2. The summed E-state index contributed by atoms with van der Waals surface area (Å²) in [5.74, 6) is 1.56. The van der Waals surface area contributed by atoms with Gasteiger partial charge in [0.2, 0.25) is 11.9 Å². The molecule has 7 nitrogen and oxygen atoms in total. The molecule has 0 aromatic carbocycles. The maximum absolute atomic E-state index is 5.41. The van der Waals surface area contributed by atoms with Crippen molar-refractivity contribution in [2.24, 2.45) is 5.92 Å². The van der Waals surface area contributed by atoms with Crippen LogP contribution in [0.25, 0.3) is 0 Å².